The number of benzene rings is 1. The second kappa shape index (κ2) is 8.51. The van der Waals surface area contributed by atoms with Crippen molar-refractivity contribution >= 4 is 10.9 Å². The average Bonchev–Trinajstić information content (AvgIpc) is 2.67. The molecule has 0 spiro atoms. The van der Waals surface area contributed by atoms with Crippen LogP contribution in [0.4, 0.5) is 0 Å². The molecule has 0 aliphatic carbocycles. The fourth-order valence-electron chi connectivity index (χ4n) is 3.33. The van der Waals surface area contributed by atoms with E-state index in [1.165, 1.54) is 0 Å². The van der Waals surface area contributed by atoms with E-state index in [-0.39, 0.29) is 5.56 Å². The lowest BCUT2D eigenvalue weighted by molar-refractivity contribution is 0.151. The Balaban J connectivity index is 1.63. The van der Waals surface area contributed by atoms with Crippen LogP contribution in [0.2, 0.25) is 0 Å². The maximum Gasteiger partial charge on any atom is 0.261 e. The highest BCUT2D eigenvalue weighted by molar-refractivity contribution is 5.81. The zero-order chi connectivity index (χ0) is 18.5. The van der Waals surface area contributed by atoms with Gasteiger partial charge in [-0.05, 0) is 32.5 Å². The number of aromatic nitrogens is 2. The fourth-order valence-corrected chi connectivity index (χ4v) is 3.33. The van der Waals surface area contributed by atoms with E-state index in [9.17, 15) is 4.79 Å². The van der Waals surface area contributed by atoms with Gasteiger partial charge in [-0.1, -0.05) is 0 Å². The molecule has 1 aromatic heterocycles. The van der Waals surface area contributed by atoms with Gasteiger partial charge in [0, 0.05) is 38.8 Å². The maximum absolute atomic E-state index is 12.7. The van der Waals surface area contributed by atoms with E-state index in [0.717, 1.165) is 45.6 Å². The Hall–Kier alpha value is -2.12. The van der Waals surface area contributed by atoms with Gasteiger partial charge in [-0.15, -0.1) is 0 Å². The number of piperazine rings is 1. The number of hydrogen-bond donors (Lipinski definition) is 0. The fraction of sp³-hybridized carbons (Fsp3) is 0.579. The van der Waals surface area contributed by atoms with Gasteiger partial charge in [0.1, 0.15) is 0 Å². The van der Waals surface area contributed by atoms with Crippen LogP contribution in [0.15, 0.2) is 23.3 Å². The molecule has 0 bridgehead atoms. The first-order valence-corrected chi connectivity index (χ1v) is 9.14. The smallest absolute Gasteiger partial charge is 0.261 e. The number of methoxy groups -OCH3 is 2. The van der Waals surface area contributed by atoms with Crippen LogP contribution in [0.1, 0.15) is 12.8 Å². The summed E-state index contributed by atoms with van der Waals surface area (Å²) in [6.07, 6.45) is 3.68. The van der Waals surface area contributed by atoms with Crippen LogP contribution in [-0.4, -0.2) is 73.3 Å². The summed E-state index contributed by atoms with van der Waals surface area (Å²) >= 11 is 0. The van der Waals surface area contributed by atoms with Gasteiger partial charge in [0.25, 0.3) is 5.56 Å². The predicted octanol–water partition coefficient (Wildman–Crippen LogP) is 1.44. The van der Waals surface area contributed by atoms with Crippen molar-refractivity contribution in [1.29, 1.82) is 0 Å². The van der Waals surface area contributed by atoms with E-state index >= 15 is 0 Å². The van der Waals surface area contributed by atoms with Crippen molar-refractivity contribution in [2.24, 2.45) is 0 Å². The van der Waals surface area contributed by atoms with Crippen molar-refractivity contribution in [2.75, 3.05) is 54.0 Å². The summed E-state index contributed by atoms with van der Waals surface area (Å²) in [6, 6.07) is 3.46. The second-order valence-electron chi connectivity index (χ2n) is 6.82. The standard InChI is InChI=1S/C19H28N4O3/c1-21-8-10-22(11-9-21)6-4-5-7-23-14-20-16-13-18(26-3)17(25-2)12-15(16)19(23)24/h12-14H,4-11H2,1-3H3. The van der Waals surface area contributed by atoms with E-state index in [2.05, 4.69) is 21.8 Å². The molecule has 1 aromatic carbocycles. The zero-order valence-corrected chi connectivity index (χ0v) is 15.9. The summed E-state index contributed by atoms with van der Waals surface area (Å²) in [5.41, 5.74) is 0.594. The Bertz CT molecular complexity index is 797. The Morgan fingerprint density at radius 2 is 1.65 bits per heavy atom. The molecule has 1 aliphatic heterocycles. The third kappa shape index (κ3) is 4.16. The summed E-state index contributed by atoms with van der Waals surface area (Å²) in [7, 11) is 5.31. The van der Waals surface area contributed by atoms with Gasteiger partial charge < -0.3 is 19.3 Å². The van der Waals surface area contributed by atoms with E-state index in [1.807, 2.05) is 0 Å². The van der Waals surface area contributed by atoms with Crippen LogP contribution in [0, 0.1) is 0 Å². The summed E-state index contributed by atoms with van der Waals surface area (Å²) in [4.78, 5) is 22.0. The monoisotopic (exact) mass is 360 g/mol. The number of fused-ring (bicyclic) bond motifs is 1. The molecule has 1 aliphatic rings. The lowest BCUT2D eigenvalue weighted by Gasteiger charge is -2.32. The third-order valence-electron chi connectivity index (χ3n) is 5.05. The number of likely N-dealkylation sites (N-methyl/N-ethyl adjacent to an activating group) is 1. The van der Waals surface area contributed by atoms with Crippen molar-refractivity contribution in [3.05, 3.63) is 28.8 Å². The first-order valence-electron chi connectivity index (χ1n) is 9.14. The summed E-state index contributed by atoms with van der Waals surface area (Å²) in [5, 5.41) is 0.559. The maximum atomic E-state index is 12.7. The molecule has 0 atom stereocenters. The average molecular weight is 360 g/mol. The van der Waals surface area contributed by atoms with Crippen molar-refractivity contribution in [2.45, 2.75) is 19.4 Å². The summed E-state index contributed by atoms with van der Waals surface area (Å²) in [6.45, 7) is 6.32. The van der Waals surface area contributed by atoms with E-state index in [1.54, 1.807) is 37.2 Å². The number of rotatable bonds is 7. The number of unbranched alkanes of at least 4 members (excludes halogenated alkanes) is 1. The van der Waals surface area contributed by atoms with Gasteiger partial charge in [0.05, 0.1) is 31.4 Å². The highest BCUT2D eigenvalue weighted by atomic mass is 16.5. The number of aryl methyl sites for hydroxylation is 1. The summed E-state index contributed by atoms with van der Waals surface area (Å²) < 4.78 is 12.3. The molecule has 0 N–H and O–H groups in total. The van der Waals surface area contributed by atoms with Crippen LogP contribution in [0.5, 0.6) is 11.5 Å². The van der Waals surface area contributed by atoms with Crippen LogP contribution in [0.25, 0.3) is 10.9 Å². The lowest BCUT2D eigenvalue weighted by atomic mass is 10.2. The first-order chi connectivity index (χ1) is 12.6. The van der Waals surface area contributed by atoms with Crippen molar-refractivity contribution < 1.29 is 9.47 Å². The van der Waals surface area contributed by atoms with Crippen molar-refractivity contribution in [3.8, 4) is 11.5 Å². The minimum absolute atomic E-state index is 0.0319. The molecule has 7 heteroatoms. The van der Waals surface area contributed by atoms with Crippen LogP contribution in [-0.2, 0) is 6.54 Å². The Kier molecular flexibility index (Phi) is 6.11. The molecule has 1 fully saturated rings. The topological polar surface area (TPSA) is 59.8 Å². The largest absolute Gasteiger partial charge is 0.493 e. The number of ether oxygens (including phenoxy) is 2. The molecule has 3 rings (SSSR count). The number of hydrogen-bond acceptors (Lipinski definition) is 6. The Morgan fingerprint density at radius 3 is 2.35 bits per heavy atom. The number of nitrogens with zero attached hydrogens (tertiary/aromatic N) is 4. The van der Waals surface area contributed by atoms with E-state index in [0.29, 0.717) is 28.9 Å². The van der Waals surface area contributed by atoms with Gasteiger partial charge >= 0.3 is 0 Å². The highest BCUT2D eigenvalue weighted by Crippen LogP contribution is 2.29. The van der Waals surface area contributed by atoms with Gasteiger partial charge in [0.2, 0.25) is 0 Å². The van der Waals surface area contributed by atoms with Gasteiger partial charge in [-0.25, -0.2) is 4.98 Å². The van der Waals surface area contributed by atoms with E-state index < -0.39 is 0 Å². The van der Waals surface area contributed by atoms with Gasteiger partial charge in [0.15, 0.2) is 11.5 Å². The molecule has 0 unspecified atom stereocenters. The van der Waals surface area contributed by atoms with Crippen molar-refractivity contribution in [3.63, 3.8) is 0 Å². The van der Waals surface area contributed by atoms with E-state index in [4.69, 9.17) is 9.47 Å². The Labute approximate surface area is 154 Å². The predicted molar refractivity (Wildman–Crippen MR) is 102 cm³/mol. The van der Waals surface area contributed by atoms with Crippen LogP contribution >= 0.6 is 0 Å². The second-order valence-corrected chi connectivity index (χ2v) is 6.82. The van der Waals surface area contributed by atoms with Crippen LogP contribution in [0.3, 0.4) is 0 Å². The minimum atomic E-state index is -0.0319. The molecule has 2 aromatic rings. The minimum Gasteiger partial charge on any atom is -0.493 e. The SMILES string of the molecule is COc1cc2ncn(CCCCN3CCN(C)CC3)c(=O)c2cc1OC. The van der Waals surface area contributed by atoms with Gasteiger partial charge in [-0.2, -0.15) is 0 Å². The quantitative estimate of drug-likeness (QED) is 0.697. The molecule has 0 amide bonds. The normalized spacial score (nSPS) is 16.1. The molecule has 0 radical (unpaired) electrons. The molecular weight excluding hydrogens is 332 g/mol. The summed E-state index contributed by atoms with van der Waals surface area (Å²) in [5.74, 6) is 1.13. The molecule has 1 saturated heterocycles. The highest BCUT2D eigenvalue weighted by Gasteiger charge is 2.13. The van der Waals surface area contributed by atoms with Gasteiger partial charge in [-0.3, -0.25) is 9.36 Å². The van der Waals surface area contributed by atoms with Crippen molar-refractivity contribution in [1.82, 2.24) is 19.4 Å². The molecule has 26 heavy (non-hydrogen) atoms. The third-order valence-corrected chi connectivity index (χ3v) is 5.05. The zero-order valence-electron chi connectivity index (χ0n) is 15.9. The Morgan fingerprint density at radius 1 is 1.00 bits per heavy atom. The molecule has 0 saturated carbocycles. The first kappa shape index (κ1) is 18.7. The molecular formula is C19H28N4O3. The molecule has 7 nitrogen and oxygen atoms in total. The molecule has 2 heterocycles. The lowest BCUT2D eigenvalue weighted by Crippen LogP contribution is -2.44. The van der Waals surface area contributed by atoms with Crippen LogP contribution < -0.4 is 15.0 Å². The molecule has 142 valence electrons.